The van der Waals surface area contributed by atoms with E-state index in [2.05, 4.69) is 14.9 Å². The molecule has 1 aliphatic rings. The summed E-state index contributed by atoms with van der Waals surface area (Å²) in [6, 6.07) is 23.8. The molecule has 1 amide bonds. The Morgan fingerprint density at radius 2 is 1.57 bits per heavy atom. The van der Waals surface area contributed by atoms with Gasteiger partial charge in [0.15, 0.2) is 0 Å². The number of pyridine rings is 1. The number of aromatic nitrogens is 3. The van der Waals surface area contributed by atoms with E-state index in [0.29, 0.717) is 72.6 Å². The fourth-order valence-electron chi connectivity index (χ4n) is 7.52. The number of piperidine rings is 1. The van der Waals surface area contributed by atoms with Gasteiger partial charge in [-0.1, -0.05) is 66.7 Å². The summed E-state index contributed by atoms with van der Waals surface area (Å²) in [5.41, 5.74) is 2.13. The third-order valence-corrected chi connectivity index (χ3v) is 11.0. The van der Waals surface area contributed by atoms with Crippen molar-refractivity contribution < 1.29 is 23.1 Å². The van der Waals surface area contributed by atoms with Crippen molar-refractivity contribution in [1.82, 2.24) is 24.3 Å². The van der Waals surface area contributed by atoms with Crippen LogP contribution in [0.4, 0.5) is 8.78 Å². The molecular formula is C45H51F2N5O4. The molecule has 11 heteroatoms. The van der Waals surface area contributed by atoms with Crippen molar-refractivity contribution in [3.05, 3.63) is 129 Å². The summed E-state index contributed by atoms with van der Waals surface area (Å²) in [6.45, 7) is 12.0. The number of alkyl halides is 1. The quantitative estimate of drug-likeness (QED) is 0.113. The zero-order valence-electron chi connectivity index (χ0n) is 33.1. The van der Waals surface area contributed by atoms with E-state index in [9.17, 15) is 18.8 Å². The summed E-state index contributed by atoms with van der Waals surface area (Å²) in [6.07, 6.45) is 3.35. The zero-order valence-corrected chi connectivity index (χ0v) is 33.1. The topological polar surface area (TPSA) is 97.6 Å². The number of amides is 1. The number of carbonyl (C=O) groups excluding carboxylic acids is 2. The highest BCUT2D eigenvalue weighted by atomic mass is 19.1. The van der Waals surface area contributed by atoms with E-state index in [0.717, 1.165) is 16.7 Å². The molecule has 0 spiro atoms. The molecule has 0 radical (unpaired) electrons. The van der Waals surface area contributed by atoms with Gasteiger partial charge in [0, 0.05) is 38.3 Å². The van der Waals surface area contributed by atoms with Crippen LogP contribution < -0.4 is 5.56 Å². The van der Waals surface area contributed by atoms with Gasteiger partial charge >= 0.3 is 5.97 Å². The summed E-state index contributed by atoms with van der Waals surface area (Å²) < 4.78 is 36.6. The van der Waals surface area contributed by atoms with Crippen LogP contribution in [0.25, 0.3) is 22.2 Å². The van der Waals surface area contributed by atoms with E-state index < -0.39 is 16.8 Å². The number of nitrogens with zero attached hydrogens (tertiary/aromatic N) is 5. The molecule has 0 bridgehead atoms. The normalized spacial score (nSPS) is 14.2. The Morgan fingerprint density at radius 1 is 0.911 bits per heavy atom. The van der Waals surface area contributed by atoms with Crippen molar-refractivity contribution in [2.24, 2.45) is 0 Å². The fraction of sp³-hybridized carbons (Fsp3) is 0.400. The number of hydrogen-bond donors (Lipinski definition) is 0. The van der Waals surface area contributed by atoms with Gasteiger partial charge in [0.25, 0.3) is 5.56 Å². The van der Waals surface area contributed by atoms with Gasteiger partial charge in [-0.15, -0.1) is 0 Å². The molecule has 1 aliphatic heterocycles. The van der Waals surface area contributed by atoms with Crippen LogP contribution in [0.2, 0.25) is 0 Å². The summed E-state index contributed by atoms with van der Waals surface area (Å²) in [4.78, 5) is 53.7. The van der Waals surface area contributed by atoms with Crippen LogP contribution in [0, 0.1) is 12.7 Å². The highest BCUT2D eigenvalue weighted by Crippen LogP contribution is 2.30. The maximum atomic E-state index is 15.0. The van der Waals surface area contributed by atoms with Crippen LogP contribution in [0.1, 0.15) is 75.5 Å². The average Bonchev–Trinajstić information content (AvgIpc) is 3.19. The van der Waals surface area contributed by atoms with Crippen molar-refractivity contribution in [1.29, 1.82) is 0 Å². The summed E-state index contributed by atoms with van der Waals surface area (Å²) in [7, 11) is 0. The Hall–Kier alpha value is -5.29. The second kappa shape index (κ2) is 16.8. The van der Waals surface area contributed by atoms with Crippen molar-refractivity contribution in [3.8, 4) is 11.1 Å². The second-order valence-corrected chi connectivity index (χ2v) is 15.6. The number of fused-ring (bicyclic) bond motifs is 1. The van der Waals surface area contributed by atoms with E-state index in [-0.39, 0.29) is 43.1 Å². The summed E-state index contributed by atoms with van der Waals surface area (Å²) in [5.74, 6) is -0.403. The van der Waals surface area contributed by atoms with Crippen molar-refractivity contribution in [3.63, 3.8) is 0 Å². The van der Waals surface area contributed by atoms with Gasteiger partial charge in [0.2, 0.25) is 5.91 Å². The Kier molecular flexibility index (Phi) is 12.1. The van der Waals surface area contributed by atoms with Crippen molar-refractivity contribution in [2.45, 2.75) is 97.6 Å². The van der Waals surface area contributed by atoms with E-state index >= 15 is 4.39 Å². The third kappa shape index (κ3) is 8.88. The molecule has 6 rings (SSSR count). The molecule has 0 atom stereocenters. The Morgan fingerprint density at radius 3 is 2.21 bits per heavy atom. The lowest BCUT2D eigenvalue weighted by atomic mass is 9.95. The highest BCUT2D eigenvalue weighted by Gasteiger charge is 2.39. The SMILES string of the molecule is CCOC(=O)C(C)(C)N1CCC(N(Cc2ccc(-c3ccc(C(C)(C)F)cc3)cc2)C(=O)Cn2c(CCc3cccc(C)c3F)nc(=O)c3cccnc32)CC1. The first kappa shape index (κ1) is 40.4. The number of hydrogen-bond acceptors (Lipinski definition) is 7. The van der Waals surface area contributed by atoms with Gasteiger partial charge in [0.1, 0.15) is 35.0 Å². The van der Waals surface area contributed by atoms with Gasteiger partial charge in [-0.05, 0) is 106 Å². The lowest BCUT2D eigenvalue weighted by molar-refractivity contribution is -0.157. The number of esters is 1. The van der Waals surface area contributed by atoms with Crippen LogP contribution in [0.15, 0.2) is 89.9 Å². The number of carbonyl (C=O) groups is 2. The van der Waals surface area contributed by atoms with Gasteiger partial charge in [-0.2, -0.15) is 4.98 Å². The maximum absolute atomic E-state index is 15.0. The molecule has 2 aromatic heterocycles. The molecule has 56 heavy (non-hydrogen) atoms. The van der Waals surface area contributed by atoms with Gasteiger partial charge in [-0.3, -0.25) is 19.3 Å². The monoisotopic (exact) mass is 763 g/mol. The molecule has 9 nitrogen and oxygen atoms in total. The minimum atomic E-state index is -1.43. The van der Waals surface area contributed by atoms with E-state index in [1.54, 1.807) is 67.1 Å². The van der Waals surface area contributed by atoms with Gasteiger partial charge in [0.05, 0.1) is 12.0 Å². The molecule has 5 aromatic rings. The fourth-order valence-corrected chi connectivity index (χ4v) is 7.52. The smallest absolute Gasteiger partial charge is 0.325 e. The minimum absolute atomic E-state index is 0.129. The molecule has 0 aliphatic carbocycles. The first-order valence-electron chi connectivity index (χ1n) is 19.4. The van der Waals surface area contributed by atoms with E-state index in [1.165, 1.54) is 13.8 Å². The lowest BCUT2D eigenvalue weighted by Crippen LogP contribution is -2.56. The molecule has 3 aromatic carbocycles. The van der Waals surface area contributed by atoms with Gasteiger partial charge in [-0.25, -0.2) is 13.8 Å². The van der Waals surface area contributed by atoms with Gasteiger partial charge < -0.3 is 14.2 Å². The average molecular weight is 764 g/mol. The lowest BCUT2D eigenvalue weighted by Gasteiger charge is -2.44. The highest BCUT2D eigenvalue weighted by molar-refractivity contribution is 5.81. The first-order chi connectivity index (χ1) is 26.7. The number of rotatable bonds is 13. The van der Waals surface area contributed by atoms with E-state index in [4.69, 9.17) is 4.74 Å². The number of ether oxygens (including phenoxy) is 1. The Bertz CT molecular complexity index is 2240. The Balaban J connectivity index is 1.30. The number of halogens is 2. The predicted octanol–water partition coefficient (Wildman–Crippen LogP) is 7.73. The zero-order chi connectivity index (χ0) is 40.2. The van der Waals surface area contributed by atoms with Crippen LogP contribution in [-0.4, -0.2) is 67.5 Å². The summed E-state index contributed by atoms with van der Waals surface area (Å²) in [5, 5.41) is 0.297. The molecule has 294 valence electrons. The largest absolute Gasteiger partial charge is 0.465 e. The van der Waals surface area contributed by atoms with Crippen LogP contribution in [0.5, 0.6) is 0 Å². The molecule has 1 saturated heterocycles. The van der Waals surface area contributed by atoms with Crippen LogP contribution in [-0.2, 0) is 45.9 Å². The van der Waals surface area contributed by atoms with Crippen molar-refractivity contribution >= 4 is 22.9 Å². The maximum Gasteiger partial charge on any atom is 0.325 e. The number of benzene rings is 3. The number of likely N-dealkylation sites (tertiary alicyclic amines) is 1. The van der Waals surface area contributed by atoms with E-state index in [1.807, 2.05) is 55.1 Å². The van der Waals surface area contributed by atoms with Crippen molar-refractivity contribution in [2.75, 3.05) is 19.7 Å². The Labute approximate surface area is 327 Å². The first-order valence-corrected chi connectivity index (χ1v) is 19.4. The van der Waals surface area contributed by atoms with Crippen LogP contribution >= 0.6 is 0 Å². The molecule has 1 fully saturated rings. The third-order valence-electron chi connectivity index (χ3n) is 11.0. The molecule has 0 unspecified atom stereocenters. The van der Waals surface area contributed by atoms with Crippen LogP contribution in [0.3, 0.4) is 0 Å². The number of aryl methyl sites for hydroxylation is 3. The minimum Gasteiger partial charge on any atom is -0.465 e. The standard InChI is InChI=1S/C45H51F2N5O4/c1-7-56-43(55)45(5,6)50-26-23-36(24-27-50)51(28-31-13-15-32(16-14-31)33-17-20-35(21-18-33)44(3,4)47)39(53)29-52-38(22-19-34-11-8-10-30(2)40(34)46)49-42(54)37-12-9-25-48-41(37)52/h8-18,20-21,25,36H,7,19,22-24,26-29H2,1-6H3. The molecular weight excluding hydrogens is 713 g/mol. The predicted molar refractivity (Wildman–Crippen MR) is 214 cm³/mol. The molecule has 0 saturated carbocycles. The second-order valence-electron chi connectivity index (χ2n) is 15.6. The molecule has 3 heterocycles. The summed E-state index contributed by atoms with van der Waals surface area (Å²) >= 11 is 0. The molecule has 0 N–H and O–H groups in total.